The van der Waals surface area contributed by atoms with E-state index >= 15 is 0 Å². The minimum atomic E-state index is -0.559. The third-order valence-corrected chi connectivity index (χ3v) is 4.31. The number of methoxy groups -OCH3 is 1. The minimum Gasteiger partial charge on any atom is -0.469 e. The highest BCUT2D eigenvalue weighted by atomic mass is 19.1. The number of nitrogens with zero attached hydrogens (tertiary/aromatic N) is 1. The van der Waals surface area contributed by atoms with Crippen LogP contribution in [0.1, 0.15) is 29.2 Å². The number of fused-ring (bicyclic) bond motifs is 1. The Morgan fingerprint density at radius 3 is 2.58 bits per heavy atom. The van der Waals surface area contributed by atoms with Crippen LogP contribution in [0.3, 0.4) is 0 Å². The summed E-state index contributed by atoms with van der Waals surface area (Å²) < 4.78 is 17.9. The molecule has 0 fully saturated rings. The molecule has 124 valence electrons. The maximum atomic E-state index is 13.3. The summed E-state index contributed by atoms with van der Waals surface area (Å²) in [5.41, 5.74) is 2.99. The number of benzene rings is 2. The van der Waals surface area contributed by atoms with E-state index in [2.05, 4.69) is 4.74 Å². The van der Waals surface area contributed by atoms with Gasteiger partial charge in [-0.3, -0.25) is 9.59 Å². The first-order valence-electron chi connectivity index (χ1n) is 7.79. The number of carbonyl (C=O) groups excluding carboxylic acids is 2. The van der Waals surface area contributed by atoms with E-state index in [1.54, 1.807) is 17.0 Å². The molecule has 1 amide bonds. The summed E-state index contributed by atoms with van der Waals surface area (Å²) in [6, 6.07) is 13.7. The summed E-state index contributed by atoms with van der Waals surface area (Å²) in [5, 5.41) is 0. The van der Waals surface area contributed by atoms with Crippen molar-refractivity contribution in [3.05, 3.63) is 71.0 Å². The van der Waals surface area contributed by atoms with Gasteiger partial charge in [0.2, 0.25) is 5.91 Å². The zero-order valence-electron chi connectivity index (χ0n) is 13.4. The van der Waals surface area contributed by atoms with Crippen molar-refractivity contribution in [1.82, 2.24) is 4.90 Å². The monoisotopic (exact) mass is 327 g/mol. The molecule has 0 radical (unpaired) electrons. The summed E-state index contributed by atoms with van der Waals surface area (Å²) >= 11 is 0. The number of amides is 1. The SMILES string of the molecule is COC(=O)CC(=O)N1CCc2ccccc2C1c1ccc(F)cc1. The zero-order chi connectivity index (χ0) is 17.1. The lowest BCUT2D eigenvalue weighted by Gasteiger charge is -2.37. The maximum Gasteiger partial charge on any atom is 0.315 e. The maximum absolute atomic E-state index is 13.3. The zero-order valence-corrected chi connectivity index (χ0v) is 13.4. The Morgan fingerprint density at radius 2 is 1.88 bits per heavy atom. The molecular formula is C19H18FNO3. The molecule has 0 N–H and O–H groups in total. The van der Waals surface area contributed by atoms with Crippen LogP contribution in [0.15, 0.2) is 48.5 Å². The van der Waals surface area contributed by atoms with Crippen LogP contribution < -0.4 is 0 Å². The predicted octanol–water partition coefficient (Wildman–Crippen LogP) is 2.86. The third-order valence-electron chi connectivity index (χ3n) is 4.31. The Kier molecular flexibility index (Phi) is 4.60. The van der Waals surface area contributed by atoms with Gasteiger partial charge in [0.1, 0.15) is 12.2 Å². The van der Waals surface area contributed by atoms with E-state index in [0.717, 1.165) is 23.1 Å². The number of halogens is 1. The van der Waals surface area contributed by atoms with Crippen molar-refractivity contribution < 1.29 is 18.7 Å². The van der Waals surface area contributed by atoms with Crippen molar-refractivity contribution in [1.29, 1.82) is 0 Å². The summed E-state index contributed by atoms with van der Waals surface area (Å²) in [7, 11) is 1.26. The molecule has 1 heterocycles. The molecule has 2 aromatic rings. The molecule has 5 heteroatoms. The Labute approximate surface area is 139 Å². The number of rotatable bonds is 3. The van der Waals surface area contributed by atoms with Gasteiger partial charge in [0.15, 0.2) is 0 Å². The summed E-state index contributed by atoms with van der Waals surface area (Å²) in [6.07, 6.45) is 0.428. The van der Waals surface area contributed by atoms with Crippen LogP contribution in [-0.4, -0.2) is 30.4 Å². The lowest BCUT2D eigenvalue weighted by molar-refractivity contribution is -0.147. The molecule has 0 aliphatic carbocycles. The minimum absolute atomic E-state index is 0.286. The van der Waals surface area contributed by atoms with Crippen LogP contribution in [0.25, 0.3) is 0 Å². The van der Waals surface area contributed by atoms with Gasteiger partial charge in [0, 0.05) is 6.54 Å². The topological polar surface area (TPSA) is 46.6 Å². The van der Waals surface area contributed by atoms with E-state index in [4.69, 9.17) is 0 Å². The number of hydrogen-bond acceptors (Lipinski definition) is 3. The quantitative estimate of drug-likeness (QED) is 0.643. The number of carbonyl (C=O) groups is 2. The highest BCUT2D eigenvalue weighted by Crippen LogP contribution is 2.35. The van der Waals surface area contributed by atoms with Crippen LogP contribution in [0.4, 0.5) is 4.39 Å². The van der Waals surface area contributed by atoms with Crippen molar-refractivity contribution in [2.45, 2.75) is 18.9 Å². The van der Waals surface area contributed by atoms with E-state index in [0.29, 0.717) is 6.54 Å². The molecule has 0 saturated heterocycles. The van der Waals surface area contributed by atoms with E-state index in [1.165, 1.54) is 19.2 Å². The van der Waals surface area contributed by atoms with Gasteiger partial charge >= 0.3 is 5.97 Å². The highest BCUT2D eigenvalue weighted by molar-refractivity contribution is 5.94. The molecule has 1 aliphatic rings. The highest BCUT2D eigenvalue weighted by Gasteiger charge is 2.32. The number of esters is 1. The molecule has 2 aromatic carbocycles. The number of hydrogen-bond donors (Lipinski definition) is 0. The van der Waals surface area contributed by atoms with Gasteiger partial charge in [-0.2, -0.15) is 0 Å². The van der Waals surface area contributed by atoms with Gasteiger partial charge in [0.25, 0.3) is 0 Å². The lowest BCUT2D eigenvalue weighted by Crippen LogP contribution is -2.41. The fraction of sp³-hybridized carbons (Fsp3) is 0.263. The molecule has 0 aromatic heterocycles. The van der Waals surface area contributed by atoms with Crippen molar-refractivity contribution in [2.24, 2.45) is 0 Å². The van der Waals surface area contributed by atoms with Gasteiger partial charge < -0.3 is 9.64 Å². The number of ether oxygens (including phenoxy) is 1. The van der Waals surface area contributed by atoms with Crippen molar-refractivity contribution in [2.75, 3.05) is 13.7 Å². The van der Waals surface area contributed by atoms with Gasteiger partial charge in [-0.05, 0) is 35.2 Å². The second kappa shape index (κ2) is 6.83. The van der Waals surface area contributed by atoms with Crippen LogP contribution in [0.5, 0.6) is 0 Å². The summed E-state index contributed by atoms with van der Waals surface area (Å²) in [5.74, 6) is -1.17. The molecule has 1 aliphatic heterocycles. The second-order valence-electron chi connectivity index (χ2n) is 5.74. The standard InChI is InChI=1S/C19H18FNO3/c1-24-18(23)12-17(22)21-11-10-13-4-2-3-5-16(13)19(21)14-6-8-15(20)9-7-14/h2-9,19H,10-12H2,1H3. The second-order valence-corrected chi connectivity index (χ2v) is 5.74. The van der Waals surface area contributed by atoms with Crippen molar-refractivity contribution in [3.63, 3.8) is 0 Å². The van der Waals surface area contributed by atoms with E-state index in [1.807, 2.05) is 24.3 Å². The van der Waals surface area contributed by atoms with Gasteiger partial charge in [-0.25, -0.2) is 4.39 Å². The first-order valence-corrected chi connectivity index (χ1v) is 7.79. The molecule has 24 heavy (non-hydrogen) atoms. The molecule has 0 bridgehead atoms. The first kappa shape index (κ1) is 16.2. The van der Waals surface area contributed by atoms with Crippen LogP contribution in [0, 0.1) is 5.82 Å². The average Bonchev–Trinajstić information content (AvgIpc) is 2.61. The summed E-state index contributed by atoms with van der Waals surface area (Å²) in [4.78, 5) is 25.7. The van der Waals surface area contributed by atoms with Gasteiger partial charge in [-0.1, -0.05) is 36.4 Å². The largest absolute Gasteiger partial charge is 0.469 e. The first-order chi connectivity index (χ1) is 11.6. The van der Waals surface area contributed by atoms with Gasteiger partial charge in [-0.15, -0.1) is 0 Å². The van der Waals surface area contributed by atoms with E-state index in [9.17, 15) is 14.0 Å². The Balaban J connectivity index is 2.00. The van der Waals surface area contributed by atoms with Crippen LogP contribution in [-0.2, 0) is 20.7 Å². The molecule has 3 rings (SSSR count). The normalized spacial score (nSPS) is 16.4. The smallest absolute Gasteiger partial charge is 0.315 e. The van der Waals surface area contributed by atoms with Gasteiger partial charge in [0.05, 0.1) is 13.2 Å². The molecule has 4 nitrogen and oxygen atoms in total. The molecule has 1 unspecified atom stereocenters. The Morgan fingerprint density at radius 1 is 1.17 bits per heavy atom. The fourth-order valence-electron chi connectivity index (χ4n) is 3.14. The molecule has 1 atom stereocenters. The molecular weight excluding hydrogens is 309 g/mol. The average molecular weight is 327 g/mol. The van der Waals surface area contributed by atoms with Crippen molar-refractivity contribution in [3.8, 4) is 0 Å². The fourth-order valence-corrected chi connectivity index (χ4v) is 3.14. The van der Waals surface area contributed by atoms with E-state index < -0.39 is 5.97 Å². The van der Waals surface area contributed by atoms with Crippen molar-refractivity contribution >= 4 is 11.9 Å². The summed E-state index contributed by atoms with van der Waals surface area (Å²) in [6.45, 7) is 0.509. The third kappa shape index (κ3) is 3.15. The molecule has 0 spiro atoms. The Bertz CT molecular complexity index is 757. The lowest BCUT2D eigenvalue weighted by atomic mass is 9.88. The van der Waals surface area contributed by atoms with Crippen LogP contribution >= 0.6 is 0 Å². The Hall–Kier alpha value is -2.69. The predicted molar refractivity (Wildman–Crippen MR) is 86.7 cm³/mol. The van der Waals surface area contributed by atoms with Crippen LogP contribution in [0.2, 0.25) is 0 Å². The van der Waals surface area contributed by atoms with E-state index in [-0.39, 0.29) is 24.2 Å². The molecule has 0 saturated carbocycles.